The molecule has 2 atom stereocenters. The Morgan fingerprint density at radius 1 is 0.679 bits per heavy atom. The summed E-state index contributed by atoms with van der Waals surface area (Å²) in [5, 5.41) is 25.4. The van der Waals surface area contributed by atoms with Gasteiger partial charge in [-0.3, -0.25) is 0 Å². The zero-order chi connectivity index (χ0) is 19.4. The lowest BCUT2D eigenvalue weighted by atomic mass is 9.80. The van der Waals surface area contributed by atoms with Crippen LogP contribution in [0.1, 0.15) is 23.3 Å². The first-order valence-electron chi connectivity index (χ1n) is 9.21. The summed E-state index contributed by atoms with van der Waals surface area (Å²) in [4.78, 5) is 0. The van der Waals surface area contributed by atoms with E-state index in [2.05, 4.69) is 6.07 Å². The number of aliphatic hydroxyl groups is 2. The molecule has 4 aromatic carbocycles. The van der Waals surface area contributed by atoms with Crippen LogP contribution in [-0.4, -0.2) is 24.4 Å². The highest BCUT2D eigenvalue weighted by molar-refractivity contribution is 6.11. The molecule has 4 aromatic rings. The Labute approximate surface area is 162 Å². The van der Waals surface area contributed by atoms with Crippen molar-refractivity contribution in [3.8, 4) is 22.6 Å². The molecular weight excluding hydrogens is 352 g/mol. The minimum Gasteiger partial charge on any atom is -0.493 e. The van der Waals surface area contributed by atoms with Gasteiger partial charge in [0, 0.05) is 5.39 Å². The van der Waals surface area contributed by atoms with E-state index < -0.39 is 12.2 Å². The Morgan fingerprint density at radius 2 is 1.43 bits per heavy atom. The molecule has 0 radical (unpaired) electrons. The van der Waals surface area contributed by atoms with Crippen LogP contribution < -0.4 is 9.47 Å². The Morgan fingerprint density at radius 3 is 2.21 bits per heavy atom. The van der Waals surface area contributed by atoms with E-state index in [0.29, 0.717) is 11.5 Å². The number of hydrogen-bond donors (Lipinski definition) is 2. The number of benzene rings is 4. The number of aliphatic hydroxyl groups excluding tert-OH is 2. The number of ether oxygens (including phenoxy) is 2. The topological polar surface area (TPSA) is 58.9 Å². The Kier molecular flexibility index (Phi) is 3.79. The average molecular weight is 372 g/mol. The van der Waals surface area contributed by atoms with Gasteiger partial charge in [0.15, 0.2) is 11.5 Å². The molecule has 0 saturated heterocycles. The molecule has 2 N–H and O–H groups in total. The summed E-state index contributed by atoms with van der Waals surface area (Å²) in [6.45, 7) is 0. The van der Waals surface area contributed by atoms with Gasteiger partial charge < -0.3 is 19.7 Å². The molecule has 4 heteroatoms. The van der Waals surface area contributed by atoms with Gasteiger partial charge in [-0.2, -0.15) is 0 Å². The summed E-state index contributed by atoms with van der Waals surface area (Å²) in [6.07, 6.45) is -1.87. The molecule has 0 amide bonds. The second kappa shape index (κ2) is 6.23. The molecular formula is C24H20O4. The van der Waals surface area contributed by atoms with Gasteiger partial charge in [-0.25, -0.2) is 0 Å². The Bertz CT molecular complexity index is 1230. The number of methoxy groups -OCH3 is 2. The fraction of sp³-hybridized carbons (Fsp3) is 0.167. The van der Waals surface area contributed by atoms with E-state index in [9.17, 15) is 10.2 Å². The zero-order valence-electron chi connectivity index (χ0n) is 15.6. The van der Waals surface area contributed by atoms with Gasteiger partial charge in [0.05, 0.1) is 14.2 Å². The molecule has 5 rings (SSSR count). The molecule has 0 bridgehead atoms. The highest BCUT2D eigenvalue weighted by atomic mass is 16.5. The van der Waals surface area contributed by atoms with Crippen molar-refractivity contribution in [1.29, 1.82) is 0 Å². The molecule has 0 saturated carbocycles. The van der Waals surface area contributed by atoms with Crippen LogP contribution in [-0.2, 0) is 0 Å². The maximum absolute atomic E-state index is 10.7. The van der Waals surface area contributed by atoms with Crippen molar-refractivity contribution in [2.45, 2.75) is 12.2 Å². The first-order valence-corrected chi connectivity index (χ1v) is 9.21. The van der Waals surface area contributed by atoms with Crippen molar-refractivity contribution < 1.29 is 19.7 Å². The maximum Gasteiger partial charge on any atom is 0.168 e. The van der Waals surface area contributed by atoms with Gasteiger partial charge in [-0.15, -0.1) is 0 Å². The van der Waals surface area contributed by atoms with Gasteiger partial charge in [-0.1, -0.05) is 30.3 Å². The second-order valence-corrected chi connectivity index (χ2v) is 7.10. The third kappa shape index (κ3) is 2.25. The summed E-state index contributed by atoms with van der Waals surface area (Å²) in [5.41, 5.74) is 3.40. The summed E-state index contributed by atoms with van der Waals surface area (Å²) in [6, 6.07) is 19.7. The maximum atomic E-state index is 10.7. The van der Waals surface area contributed by atoms with Crippen molar-refractivity contribution in [3.05, 3.63) is 71.8 Å². The smallest absolute Gasteiger partial charge is 0.168 e. The van der Waals surface area contributed by atoms with Gasteiger partial charge >= 0.3 is 0 Å². The summed E-state index contributed by atoms with van der Waals surface area (Å²) in [5.74, 6) is 1.40. The molecule has 1 aliphatic rings. The monoisotopic (exact) mass is 372 g/mol. The van der Waals surface area contributed by atoms with Crippen LogP contribution in [0.15, 0.2) is 60.7 Å². The van der Waals surface area contributed by atoms with Crippen LogP contribution in [0.4, 0.5) is 0 Å². The van der Waals surface area contributed by atoms with E-state index in [-0.39, 0.29) is 0 Å². The molecule has 0 heterocycles. The molecule has 0 aliphatic heterocycles. The van der Waals surface area contributed by atoms with Crippen molar-refractivity contribution >= 4 is 21.5 Å². The highest BCUT2D eigenvalue weighted by Crippen LogP contribution is 2.47. The largest absolute Gasteiger partial charge is 0.493 e. The molecule has 0 aromatic heterocycles. The van der Waals surface area contributed by atoms with E-state index in [0.717, 1.165) is 43.8 Å². The highest BCUT2D eigenvalue weighted by Gasteiger charge is 2.31. The standard InChI is InChI=1S/C24H20O4/c1-27-21-10-9-15-17(24(21)28-2)8-7-13-11-20-19(12-18(13)15)14-5-3-4-6-16(14)22(25)23(20)26/h3-12,22-23,25-26H,1-2H3/t22-,23-/m1/s1. The van der Waals surface area contributed by atoms with Crippen molar-refractivity contribution in [3.63, 3.8) is 0 Å². The first-order chi connectivity index (χ1) is 13.6. The predicted molar refractivity (Wildman–Crippen MR) is 110 cm³/mol. The van der Waals surface area contributed by atoms with Gasteiger partial charge in [0.2, 0.25) is 0 Å². The summed E-state index contributed by atoms with van der Waals surface area (Å²) < 4.78 is 11.0. The third-order valence-electron chi connectivity index (χ3n) is 5.71. The van der Waals surface area contributed by atoms with Gasteiger partial charge in [-0.05, 0) is 68.7 Å². The number of rotatable bonds is 2. The van der Waals surface area contributed by atoms with E-state index in [1.165, 1.54) is 0 Å². The Balaban J connectivity index is 1.87. The number of hydrogen-bond acceptors (Lipinski definition) is 4. The molecule has 0 unspecified atom stereocenters. The SMILES string of the molecule is COc1ccc2c(ccc3cc4c(cc32)-c2ccccc2[C@@H](O)[C@@H]4O)c1OC. The van der Waals surface area contributed by atoms with E-state index in [1.54, 1.807) is 14.2 Å². The fourth-order valence-corrected chi connectivity index (χ4v) is 4.35. The zero-order valence-corrected chi connectivity index (χ0v) is 15.6. The van der Waals surface area contributed by atoms with E-state index in [1.807, 2.05) is 54.6 Å². The first kappa shape index (κ1) is 17.0. The molecule has 4 nitrogen and oxygen atoms in total. The van der Waals surface area contributed by atoms with Gasteiger partial charge in [0.25, 0.3) is 0 Å². The lowest BCUT2D eigenvalue weighted by Crippen LogP contribution is -2.17. The lowest BCUT2D eigenvalue weighted by molar-refractivity contribution is 0.0159. The quantitative estimate of drug-likeness (QED) is 0.498. The van der Waals surface area contributed by atoms with Crippen molar-refractivity contribution in [2.75, 3.05) is 14.2 Å². The van der Waals surface area contributed by atoms with Crippen molar-refractivity contribution in [2.24, 2.45) is 0 Å². The van der Waals surface area contributed by atoms with Crippen molar-refractivity contribution in [1.82, 2.24) is 0 Å². The molecule has 140 valence electrons. The van der Waals surface area contributed by atoms with Crippen LogP contribution in [0, 0.1) is 0 Å². The minimum absolute atomic E-state index is 0.691. The molecule has 28 heavy (non-hydrogen) atoms. The molecule has 0 fully saturated rings. The molecule has 0 spiro atoms. The van der Waals surface area contributed by atoms with Crippen LogP contribution in [0.2, 0.25) is 0 Å². The summed E-state index contributed by atoms with van der Waals surface area (Å²) in [7, 11) is 3.27. The average Bonchev–Trinajstić information content (AvgIpc) is 2.75. The normalized spacial score (nSPS) is 18.0. The van der Waals surface area contributed by atoms with E-state index in [4.69, 9.17) is 9.47 Å². The Hall–Kier alpha value is -3.08. The second-order valence-electron chi connectivity index (χ2n) is 7.10. The lowest BCUT2D eigenvalue weighted by Gasteiger charge is -2.29. The van der Waals surface area contributed by atoms with Crippen LogP contribution in [0.5, 0.6) is 11.5 Å². The predicted octanol–water partition coefficient (Wildman–Crippen LogP) is 4.76. The van der Waals surface area contributed by atoms with Gasteiger partial charge in [0.1, 0.15) is 12.2 Å². The fourth-order valence-electron chi connectivity index (χ4n) is 4.35. The minimum atomic E-state index is -0.949. The summed E-state index contributed by atoms with van der Waals surface area (Å²) >= 11 is 0. The number of fused-ring (bicyclic) bond motifs is 6. The van der Waals surface area contributed by atoms with Crippen LogP contribution in [0.3, 0.4) is 0 Å². The van der Waals surface area contributed by atoms with E-state index >= 15 is 0 Å². The third-order valence-corrected chi connectivity index (χ3v) is 5.71. The van der Waals surface area contributed by atoms with Crippen LogP contribution >= 0.6 is 0 Å². The van der Waals surface area contributed by atoms with Crippen LogP contribution in [0.25, 0.3) is 32.7 Å². The molecule has 1 aliphatic carbocycles.